The third-order valence-electron chi connectivity index (χ3n) is 3.83. The first-order valence-electron chi connectivity index (χ1n) is 7.10. The SMILES string of the molecule is Cc1cccc2c1nc1ccccc1[n+]2-c1ccccc1.[Cl-]. The molecule has 0 radical (unpaired) electrons. The Morgan fingerprint density at radius 3 is 2.23 bits per heavy atom. The molecule has 3 heteroatoms. The van der Waals surface area contributed by atoms with Crippen LogP contribution >= 0.6 is 0 Å². The molecule has 0 saturated carbocycles. The van der Waals surface area contributed by atoms with E-state index in [0.717, 1.165) is 27.8 Å². The molecule has 4 rings (SSSR count). The Balaban J connectivity index is 0.00000144. The van der Waals surface area contributed by atoms with Crippen LogP contribution in [-0.2, 0) is 0 Å². The Kier molecular flexibility index (Phi) is 3.78. The van der Waals surface area contributed by atoms with E-state index in [0.29, 0.717) is 0 Å². The smallest absolute Gasteiger partial charge is 0.237 e. The Hall–Kier alpha value is -2.45. The maximum absolute atomic E-state index is 4.84. The number of aromatic nitrogens is 2. The van der Waals surface area contributed by atoms with E-state index in [4.69, 9.17) is 4.98 Å². The van der Waals surface area contributed by atoms with Crippen molar-refractivity contribution in [1.82, 2.24) is 4.98 Å². The standard InChI is InChI=1S/C19H15N2.ClH/c1-14-8-7-13-18-19(14)20-16-11-5-6-12-17(16)21(18)15-9-3-2-4-10-15;/h2-13H,1H3;1H/q+1;/p-1. The molecule has 0 amide bonds. The number of para-hydroxylation sites is 4. The first-order chi connectivity index (χ1) is 10.3. The molecule has 3 aromatic carbocycles. The van der Waals surface area contributed by atoms with Crippen molar-refractivity contribution >= 4 is 22.1 Å². The molecule has 0 spiro atoms. The molecule has 0 aliphatic heterocycles. The van der Waals surface area contributed by atoms with Gasteiger partial charge in [-0.25, -0.2) is 4.98 Å². The largest absolute Gasteiger partial charge is 1.00 e. The fourth-order valence-electron chi connectivity index (χ4n) is 2.82. The van der Waals surface area contributed by atoms with Crippen molar-refractivity contribution in [2.75, 3.05) is 0 Å². The van der Waals surface area contributed by atoms with Crippen molar-refractivity contribution in [3.8, 4) is 5.69 Å². The van der Waals surface area contributed by atoms with E-state index in [-0.39, 0.29) is 12.4 Å². The zero-order valence-electron chi connectivity index (χ0n) is 12.2. The Morgan fingerprint density at radius 1 is 0.727 bits per heavy atom. The van der Waals surface area contributed by atoms with Gasteiger partial charge in [0.1, 0.15) is 11.0 Å². The Morgan fingerprint density at radius 2 is 1.41 bits per heavy atom. The Bertz CT molecular complexity index is 949. The molecule has 0 bridgehead atoms. The van der Waals surface area contributed by atoms with Gasteiger partial charge in [-0.05, 0) is 18.6 Å². The van der Waals surface area contributed by atoms with Crippen molar-refractivity contribution in [1.29, 1.82) is 0 Å². The summed E-state index contributed by atoms with van der Waals surface area (Å²) in [5, 5.41) is 0. The van der Waals surface area contributed by atoms with Crippen LogP contribution in [0.25, 0.3) is 27.8 Å². The average Bonchev–Trinajstić information content (AvgIpc) is 2.54. The highest BCUT2D eigenvalue weighted by molar-refractivity contribution is 5.84. The molecule has 4 aromatic rings. The lowest BCUT2D eigenvalue weighted by Gasteiger charge is -2.06. The highest BCUT2D eigenvalue weighted by Crippen LogP contribution is 2.19. The van der Waals surface area contributed by atoms with Crippen LogP contribution in [-0.4, -0.2) is 4.98 Å². The summed E-state index contributed by atoms with van der Waals surface area (Å²) in [7, 11) is 0. The third kappa shape index (κ3) is 2.22. The molecule has 0 unspecified atom stereocenters. The van der Waals surface area contributed by atoms with Gasteiger partial charge in [-0.3, -0.25) is 0 Å². The number of halogens is 1. The number of hydrogen-bond donors (Lipinski definition) is 0. The van der Waals surface area contributed by atoms with E-state index in [1.165, 1.54) is 5.56 Å². The number of hydrogen-bond acceptors (Lipinski definition) is 1. The van der Waals surface area contributed by atoms with Crippen LogP contribution in [0.5, 0.6) is 0 Å². The summed E-state index contributed by atoms with van der Waals surface area (Å²) in [5.41, 5.74) is 6.69. The van der Waals surface area contributed by atoms with Crippen LogP contribution in [0.2, 0.25) is 0 Å². The van der Waals surface area contributed by atoms with Gasteiger partial charge >= 0.3 is 0 Å². The van der Waals surface area contributed by atoms with Gasteiger partial charge in [-0.15, -0.1) is 4.57 Å². The fourth-order valence-corrected chi connectivity index (χ4v) is 2.82. The normalized spacial score (nSPS) is 10.6. The second kappa shape index (κ2) is 5.74. The van der Waals surface area contributed by atoms with E-state index < -0.39 is 0 Å². The lowest BCUT2D eigenvalue weighted by atomic mass is 10.1. The first kappa shape index (κ1) is 14.5. The van der Waals surface area contributed by atoms with Gasteiger partial charge in [-0.2, -0.15) is 0 Å². The van der Waals surface area contributed by atoms with Crippen LogP contribution in [0.4, 0.5) is 0 Å². The molecular weight excluding hydrogens is 292 g/mol. The summed E-state index contributed by atoms with van der Waals surface area (Å²) in [5.74, 6) is 0. The predicted octanol–water partition coefficient (Wildman–Crippen LogP) is 0.977. The molecule has 22 heavy (non-hydrogen) atoms. The molecular formula is C19H15ClN2. The predicted molar refractivity (Wildman–Crippen MR) is 85.5 cm³/mol. The molecule has 0 aliphatic carbocycles. The minimum atomic E-state index is 0. The first-order valence-corrected chi connectivity index (χ1v) is 7.10. The van der Waals surface area contributed by atoms with Crippen molar-refractivity contribution in [3.05, 3.63) is 78.4 Å². The van der Waals surface area contributed by atoms with Crippen LogP contribution in [0.15, 0.2) is 72.8 Å². The van der Waals surface area contributed by atoms with E-state index in [1.54, 1.807) is 0 Å². The topological polar surface area (TPSA) is 16.8 Å². The molecule has 0 N–H and O–H groups in total. The van der Waals surface area contributed by atoms with E-state index in [1.807, 2.05) is 12.1 Å². The summed E-state index contributed by atoms with van der Waals surface area (Å²) in [6.45, 7) is 2.11. The highest BCUT2D eigenvalue weighted by Gasteiger charge is 2.19. The van der Waals surface area contributed by atoms with Gasteiger partial charge in [0.2, 0.25) is 16.7 Å². The quantitative estimate of drug-likeness (QED) is 0.378. The minimum absolute atomic E-state index is 0. The minimum Gasteiger partial charge on any atom is -1.00 e. The monoisotopic (exact) mass is 306 g/mol. The zero-order valence-corrected chi connectivity index (χ0v) is 13.0. The summed E-state index contributed by atoms with van der Waals surface area (Å²) < 4.78 is 2.28. The van der Waals surface area contributed by atoms with Crippen LogP contribution in [0, 0.1) is 6.92 Å². The summed E-state index contributed by atoms with van der Waals surface area (Å²) in [4.78, 5) is 4.84. The van der Waals surface area contributed by atoms with E-state index >= 15 is 0 Å². The fraction of sp³-hybridized carbons (Fsp3) is 0.0526. The number of rotatable bonds is 1. The number of benzene rings is 3. The molecule has 0 aliphatic rings. The third-order valence-corrected chi connectivity index (χ3v) is 3.83. The zero-order chi connectivity index (χ0) is 14.2. The molecule has 108 valence electrons. The van der Waals surface area contributed by atoms with Crippen molar-refractivity contribution < 1.29 is 17.0 Å². The van der Waals surface area contributed by atoms with E-state index in [2.05, 4.69) is 72.2 Å². The highest BCUT2D eigenvalue weighted by atomic mass is 35.5. The van der Waals surface area contributed by atoms with Gasteiger partial charge in [0.25, 0.3) is 0 Å². The van der Waals surface area contributed by atoms with E-state index in [9.17, 15) is 0 Å². The van der Waals surface area contributed by atoms with Crippen LogP contribution < -0.4 is 17.0 Å². The van der Waals surface area contributed by atoms with Gasteiger partial charge in [-0.1, -0.05) is 42.5 Å². The van der Waals surface area contributed by atoms with Gasteiger partial charge in [0.15, 0.2) is 0 Å². The molecule has 1 aromatic heterocycles. The number of fused-ring (bicyclic) bond motifs is 2. The molecule has 0 fully saturated rings. The summed E-state index contributed by atoms with van der Waals surface area (Å²) in [6, 6.07) is 25.1. The van der Waals surface area contributed by atoms with Crippen molar-refractivity contribution in [3.63, 3.8) is 0 Å². The second-order valence-corrected chi connectivity index (χ2v) is 5.21. The summed E-state index contributed by atoms with van der Waals surface area (Å²) in [6.07, 6.45) is 0. The average molecular weight is 307 g/mol. The van der Waals surface area contributed by atoms with Crippen LogP contribution in [0.3, 0.4) is 0 Å². The molecule has 0 atom stereocenters. The van der Waals surface area contributed by atoms with Gasteiger partial charge < -0.3 is 12.4 Å². The lowest BCUT2D eigenvalue weighted by Crippen LogP contribution is -3.00. The lowest BCUT2D eigenvalue weighted by molar-refractivity contribution is -0.538. The second-order valence-electron chi connectivity index (χ2n) is 5.21. The number of aryl methyl sites for hydroxylation is 1. The van der Waals surface area contributed by atoms with Crippen molar-refractivity contribution in [2.24, 2.45) is 0 Å². The summed E-state index contributed by atoms with van der Waals surface area (Å²) >= 11 is 0. The van der Waals surface area contributed by atoms with Gasteiger partial charge in [0.05, 0.1) is 0 Å². The van der Waals surface area contributed by atoms with Crippen molar-refractivity contribution in [2.45, 2.75) is 6.92 Å². The molecule has 1 heterocycles. The number of nitrogens with zero attached hydrogens (tertiary/aromatic N) is 2. The maximum Gasteiger partial charge on any atom is 0.237 e. The maximum atomic E-state index is 4.84. The molecule has 2 nitrogen and oxygen atoms in total. The Labute approximate surface area is 135 Å². The van der Waals surface area contributed by atoms with Crippen LogP contribution in [0.1, 0.15) is 5.56 Å². The van der Waals surface area contributed by atoms with Gasteiger partial charge in [0, 0.05) is 24.3 Å². The molecule has 0 saturated heterocycles.